The Hall–Kier alpha value is -1.64. The van der Waals surface area contributed by atoms with Crippen molar-refractivity contribution in [2.24, 2.45) is 7.05 Å². The molecule has 3 nitrogen and oxygen atoms in total. The minimum Gasteiger partial charge on any atom is -0.255 e. The fourth-order valence-corrected chi connectivity index (χ4v) is 2.20. The second-order valence-electron chi connectivity index (χ2n) is 5.51. The highest BCUT2D eigenvalue weighted by Crippen LogP contribution is 2.31. The molecule has 0 fully saturated rings. The van der Waals surface area contributed by atoms with Gasteiger partial charge in [0.2, 0.25) is 0 Å². The average Bonchev–Trinajstić information content (AvgIpc) is 2.63. The fourth-order valence-electron chi connectivity index (χ4n) is 2.20. The van der Waals surface area contributed by atoms with E-state index in [1.807, 2.05) is 13.2 Å². The maximum absolute atomic E-state index is 4.18. The summed E-state index contributed by atoms with van der Waals surface area (Å²) in [6.45, 7) is 8.85. The van der Waals surface area contributed by atoms with E-state index in [2.05, 4.69) is 56.2 Å². The highest BCUT2D eigenvalue weighted by Gasteiger charge is 2.18. The first-order chi connectivity index (χ1) is 7.89. The van der Waals surface area contributed by atoms with E-state index in [1.54, 1.807) is 4.68 Å². The molecular formula is C14H19N3. The van der Waals surface area contributed by atoms with Crippen molar-refractivity contribution in [2.75, 3.05) is 0 Å². The van der Waals surface area contributed by atoms with Crippen molar-refractivity contribution < 1.29 is 0 Å². The quantitative estimate of drug-likeness (QED) is 0.752. The third kappa shape index (κ3) is 2.23. The van der Waals surface area contributed by atoms with E-state index in [9.17, 15) is 0 Å². The zero-order valence-corrected chi connectivity index (χ0v) is 11.2. The molecule has 17 heavy (non-hydrogen) atoms. The molecular weight excluding hydrogens is 210 g/mol. The topological polar surface area (TPSA) is 30.7 Å². The van der Waals surface area contributed by atoms with Gasteiger partial charge in [-0.2, -0.15) is 0 Å². The van der Waals surface area contributed by atoms with Crippen molar-refractivity contribution in [1.29, 1.82) is 0 Å². The molecule has 1 aromatic carbocycles. The van der Waals surface area contributed by atoms with Crippen LogP contribution in [0.1, 0.15) is 31.9 Å². The predicted molar refractivity (Wildman–Crippen MR) is 69.9 cm³/mol. The average molecular weight is 229 g/mol. The Morgan fingerprint density at radius 2 is 1.88 bits per heavy atom. The lowest BCUT2D eigenvalue weighted by Crippen LogP contribution is -2.13. The van der Waals surface area contributed by atoms with E-state index in [4.69, 9.17) is 0 Å². The molecule has 0 radical (unpaired) electrons. The molecule has 2 aromatic rings. The Balaban J connectivity index is 2.57. The molecule has 0 amide bonds. The molecule has 0 atom stereocenters. The van der Waals surface area contributed by atoms with Crippen LogP contribution in [-0.4, -0.2) is 15.0 Å². The van der Waals surface area contributed by atoms with E-state index in [0.717, 1.165) is 5.69 Å². The van der Waals surface area contributed by atoms with Crippen molar-refractivity contribution in [1.82, 2.24) is 15.0 Å². The van der Waals surface area contributed by atoms with Gasteiger partial charge in [-0.3, -0.25) is 4.68 Å². The summed E-state index contributed by atoms with van der Waals surface area (Å²) in [4.78, 5) is 0. The first-order valence-corrected chi connectivity index (χ1v) is 5.86. The molecule has 0 aliphatic heterocycles. The van der Waals surface area contributed by atoms with Crippen molar-refractivity contribution in [3.63, 3.8) is 0 Å². The van der Waals surface area contributed by atoms with Gasteiger partial charge in [0, 0.05) is 12.6 Å². The third-order valence-corrected chi connectivity index (χ3v) is 3.02. The molecule has 0 aliphatic carbocycles. The predicted octanol–water partition coefficient (Wildman–Crippen LogP) is 3.09. The van der Waals surface area contributed by atoms with Crippen LogP contribution in [0.2, 0.25) is 0 Å². The Morgan fingerprint density at radius 3 is 2.41 bits per heavy atom. The summed E-state index contributed by atoms with van der Waals surface area (Å²) in [6, 6.07) is 6.39. The second-order valence-corrected chi connectivity index (χ2v) is 5.51. The Bertz CT molecular complexity index is 533. The number of hydrogen-bond donors (Lipinski definition) is 0. The molecule has 0 bridgehead atoms. The van der Waals surface area contributed by atoms with Gasteiger partial charge in [0.15, 0.2) is 0 Å². The van der Waals surface area contributed by atoms with Crippen LogP contribution in [0.25, 0.3) is 11.3 Å². The molecule has 0 saturated carbocycles. The van der Waals surface area contributed by atoms with Gasteiger partial charge in [-0.1, -0.05) is 44.2 Å². The van der Waals surface area contributed by atoms with Crippen LogP contribution < -0.4 is 0 Å². The van der Waals surface area contributed by atoms with Gasteiger partial charge in [0.05, 0.1) is 6.20 Å². The van der Waals surface area contributed by atoms with Gasteiger partial charge >= 0.3 is 0 Å². The van der Waals surface area contributed by atoms with Crippen LogP contribution in [0.4, 0.5) is 0 Å². The highest BCUT2D eigenvalue weighted by molar-refractivity contribution is 5.64. The lowest BCUT2D eigenvalue weighted by molar-refractivity contribution is 0.586. The van der Waals surface area contributed by atoms with Crippen LogP contribution in [0, 0.1) is 6.92 Å². The number of nitrogens with zero attached hydrogens (tertiary/aromatic N) is 3. The van der Waals surface area contributed by atoms with Crippen molar-refractivity contribution in [3.05, 3.63) is 35.5 Å². The molecule has 1 heterocycles. The summed E-state index contributed by atoms with van der Waals surface area (Å²) in [7, 11) is 1.89. The molecule has 3 heteroatoms. The molecule has 2 rings (SSSR count). The van der Waals surface area contributed by atoms with Gasteiger partial charge in [-0.15, -0.1) is 5.10 Å². The van der Waals surface area contributed by atoms with E-state index in [0.29, 0.717) is 0 Å². The zero-order chi connectivity index (χ0) is 12.6. The normalized spacial score (nSPS) is 11.8. The van der Waals surface area contributed by atoms with Crippen LogP contribution >= 0.6 is 0 Å². The number of aryl methyl sites for hydroxylation is 1. The second kappa shape index (κ2) is 3.99. The summed E-state index contributed by atoms with van der Waals surface area (Å²) >= 11 is 0. The fraction of sp³-hybridized carbons (Fsp3) is 0.429. The van der Waals surface area contributed by atoms with Crippen LogP contribution in [0.15, 0.2) is 24.4 Å². The summed E-state index contributed by atoms with van der Waals surface area (Å²) in [5.74, 6) is 0. The summed E-state index contributed by atoms with van der Waals surface area (Å²) in [6.07, 6.45) is 1.95. The van der Waals surface area contributed by atoms with E-state index < -0.39 is 0 Å². The Morgan fingerprint density at radius 1 is 1.18 bits per heavy atom. The van der Waals surface area contributed by atoms with Gasteiger partial charge in [0.1, 0.15) is 5.69 Å². The number of hydrogen-bond acceptors (Lipinski definition) is 2. The largest absolute Gasteiger partial charge is 0.255 e. The number of rotatable bonds is 1. The van der Waals surface area contributed by atoms with Crippen LogP contribution in [-0.2, 0) is 12.5 Å². The van der Waals surface area contributed by atoms with Gasteiger partial charge in [0.25, 0.3) is 0 Å². The summed E-state index contributed by atoms with van der Waals surface area (Å²) < 4.78 is 1.73. The first kappa shape index (κ1) is 11.8. The lowest BCUT2D eigenvalue weighted by atomic mass is 9.82. The lowest BCUT2D eigenvalue weighted by Gasteiger charge is -2.22. The number of benzene rings is 1. The maximum atomic E-state index is 4.18. The minimum absolute atomic E-state index is 0.155. The van der Waals surface area contributed by atoms with Gasteiger partial charge in [-0.05, 0) is 23.5 Å². The number of aromatic nitrogens is 3. The zero-order valence-electron chi connectivity index (χ0n) is 11.2. The monoisotopic (exact) mass is 229 g/mol. The molecule has 0 unspecified atom stereocenters. The molecule has 0 aliphatic rings. The molecule has 0 N–H and O–H groups in total. The molecule has 1 aromatic heterocycles. The van der Waals surface area contributed by atoms with Gasteiger partial charge in [-0.25, -0.2) is 0 Å². The summed E-state index contributed by atoms with van der Waals surface area (Å²) in [5.41, 5.74) is 4.92. The molecule has 0 saturated heterocycles. The van der Waals surface area contributed by atoms with E-state index >= 15 is 0 Å². The van der Waals surface area contributed by atoms with Crippen molar-refractivity contribution >= 4 is 0 Å². The molecule has 90 valence electrons. The van der Waals surface area contributed by atoms with Crippen LogP contribution in [0.5, 0.6) is 0 Å². The van der Waals surface area contributed by atoms with E-state index in [-0.39, 0.29) is 5.41 Å². The van der Waals surface area contributed by atoms with Crippen molar-refractivity contribution in [3.8, 4) is 11.3 Å². The Labute approximate surface area is 102 Å². The summed E-state index contributed by atoms with van der Waals surface area (Å²) in [5, 5.41) is 8.18. The van der Waals surface area contributed by atoms with Crippen molar-refractivity contribution in [2.45, 2.75) is 33.1 Å². The van der Waals surface area contributed by atoms with Gasteiger partial charge < -0.3 is 0 Å². The van der Waals surface area contributed by atoms with E-state index in [1.165, 1.54) is 16.7 Å². The Kier molecular flexibility index (Phi) is 2.77. The SMILES string of the molecule is Cc1c(-c2cn(C)nn2)cccc1C(C)(C)C. The minimum atomic E-state index is 0.155. The van der Waals surface area contributed by atoms with Crippen LogP contribution in [0.3, 0.4) is 0 Å². The third-order valence-electron chi connectivity index (χ3n) is 3.02. The molecule has 0 spiro atoms. The highest BCUT2D eigenvalue weighted by atomic mass is 15.4. The standard InChI is InChI=1S/C14H19N3/c1-10-11(13-9-17(5)16-15-13)7-6-8-12(10)14(2,3)4/h6-9H,1-5H3. The maximum Gasteiger partial charge on any atom is 0.113 e. The first-order valence-electron chi connectivity index (χ1n) is 5.86. The smallest absolute Gasteiger partial charge is 0.113 e.